The number of aromatic nitrogens is 2. The van der Waals surface area contributed by atoms with E-state index in [1.54, 1.807) is 0 Å². The first-order valence-corrected chi connectivity index (χ1v) is 17.8. The Morgan fingerprint density at radius 2 is 0.615 bits per heavy atom. The molecule has 10 rings (SSSR count). The van der Waals surface area contributed by atoms with Crippen molar-refractivity contribution >= 4 is 88.5 Å². The van der Waals surface area contributed by atoms with Gasteiger partial charge in [0.2, 0.25) is 0 Å². The van der Waals surface area contributed by atoms with Gasteiger partial charge in [0.05, 0.1) is 22.1 Å². The summed E-state index contributed by atoms with van der Waals surface area (Å²) in [6.45, 7) is 0. The Balaban J connectivity index is 1.25. The zero-order chi connectivity index (χ0) is 34.8. The molecule has 0 aliphatic heterocycles. The van der Waals surface area contributed by atoms with Crippen LogP contribution in [0.5, 0.6) is 0 Å². The summed E-state index contributed by atoms with van der Waals surface area (Å²) in [4.78, 5) is 4.68. The van der Waals surface area contributed by atoms with Crippen LogP contribution >= 0.6 is 0 Å². The molecule has 248 valence electrons. The summed E-state index contributed by atoms with van der Waals surface area (Å²) in [5.41, 5.74) is 11.7. The second kappa shape index (κ2) is 11.9. The first kappa shape index (κ1) is 30.1. The highest BCUT2D eigenvalue weighted by Crippen LogP contribution is 2.46. The Morgan fingerprint density at radius 1 is 0.308 bits per heavy atom. The molecular weight excluding hydrogens is 633 g/mol. The van der Waals surface area contributed by atoms with Gasteiger partial charge in [-0.05, 0) is 83.6 Å². The largest absolute Gasteiger partial charge is 0.342 e. The number of anilines is 6. The van der Waals surface area contributed by atoms with Gasteiger partial charge in [-0.15, -0.1) is 0 Å². The number of hydrogen-bond acceptors (Lipinski definition) is 2. The van der Waals surface area contributed by atoms with Crippen LogP contribution < -0.4 is 9.80 Å². The lowest BCUT2D eigenvalue weighted by Crippen LogP contribution is -2.09. The minimum absolute atomic E-state index is 1.12. The third-order valence-electron chi connectivity index (χ3n) is 10.6. The van der Waals surface area contributed by atoms with Gasteiger partial charge in [0.15, 0.2) is 0 Å². The second-order valence-corrected chi connectivity index (χ2v) is 13.5. The molecule has 2 heterocycles. The van der Waals surface area contributed by atoms with Crippen molar-refractivity contribution in [2.24, 2.45) is 14.1 Å². The number of nitrogens with zero attached hydrogens (tertiary/aromatic N) is 4. The molecule has 0 aliphatic rings. The van der Waals surface area contributed by atoms with Gasteiger partial charge >= 0.3 is 0 Å². The molecule has 0 N–H and O–H groups in total. The standard InChI is InChI=1S/C48H36N4/c1-49-43-31-37(51(33-17-7-3-8-18-33)34-19-9-4-10-20-34)27-29-41(43)45-39-25-15-16-26-40(39)46-42-30-28-38(32-44(42)50(2)48(46)47(45)49)52(35-21-11-5-12-22-35)36-23-13-6-14-24-36/h3-32H,1-2H3. The Kier molecular flexibility index (Phi) is 6.90. The molecule has 0 saturated heterocycles. The molecule has 10 aromatic rings. The van der Waals surface area contributed by atoms with E-state index in [2.05, 4.69) is 215 Å². The first-order chi connectivity index (χ1) is 25.7. The zero-order valence-electron chi connectivity index (χ0n) is 29.1. The van der Waals surface area contributed by atoms with Crippen molar-refractivity contribution in [1.29, 1.82) is 0 Å². The van der Waals surface area contributed by atoms with Crippen molar-refractivity contribution in [1.82, 2.24) is 9.13 Å². The smallest absolute Gasteiger partial charge is 0.0742 e. The number of rotatable bonds is 6. The molecule has 0 fully saturated rings. The minimum Gasteiger partial charge on any atom is -0.342 e. The van der Waals surface area contributed by atoms with Crippen molar-refractivity contribution in [3.8, 4) is 0 Å². The van der Waals surface area contributed by atoms with Crippen LogP contribution in [0.2, 0.25) is 0 Å². The number of fused-ring (bicyclic) bond motifs is 10. The number of aryl methyl sites for hydroxylation is 2. The van der Waals surface area contributed by atoms with Crippen molar-refractivity contribution in [3.63, 3.8) is 0 Å². The van der Waals surface area contributed by atoms with Crippen LogP contribution in [0.4, 0.5) is 34.1 Å². The van der Waals surface area contributed by atoms with Gasteiger partial charge in [-0.25, -0.2) is 0 Å². The monoisotopic (exact) mass is 668 g/mol. The Hall–Kier alpha value is -6.78. The fourth-order valence-corrected chi connectivity index (χ4v) is 8.35. The van der Waals surface area contributed by atoms with E-state index in [9.17, 15) is 0 Å². The maximum atomic E-state index is 2.41. The average molecular weight is 669 g/mol. The summed E-state index contributed by atoms with van der Waals surface area (Å²) in [7, 11) is 4.46. The van der Waals surface area contributed by atoms with Gasteiger partial charge in [-0.1, -0.05) is 109 Å². The molecule has 0 unspecified atom stereocenters. The lowest BCUT2D eigenvalue weighted by molar-refractivity contribution is 0.986. The number of benzene rings is 8. The van der Waals surface area contributed by atoms with Gasteiger partial charge in [0.25, 0.3) is 0 Å². The summed E-state index contributed by atoms with van der Waals surface area (Å²) in [5.74, 6) is 0. The predicted molar refractivity (Wildman–Crippen MR) is 221 cm³/mol. The zero-order valence-corrected chi connectivity index (χ0v) is 29.1. The molecule has 2 aromatic heterocycles. The van der Waals surface area contributed by atoms with Gasteiger partial charge in [-0.3, -0.25) is 0 Å². The summed E-state index contributed by atoms with van der Waals surface area (Å²) in [5, 5.41) is 7.64. The lowest BCUT2D eigenvalue weighted by atomic mass is 9.98. The van der Waals surface area contributed by atoms with E-state index in [0.717, 1.165) is 34.1 Å². The maximum absolute atomic E-state index is 2.41. The molecule has 0 atom stereocenters. The second-order valence-electron chi connectivity index (χ2n) is 13.5. The molecule has 0 aliphatic carbocycles. The minimum atomic E-state index is 1.12. The summed E-state index contributed by atoms with van der Waals surface area (Å²) in [6, 6.07) is 65.4. The van der Waals surface area contributed by atoms with Gasteiger partial charge in [0, 0.05) is 69.8 Å². The quantitative estimate of drug-likeness (QED) is 0.175. The van der Waals surface area contributed by atoms with Gasteiger partial charge in [-0.2, -0.15) is 0 Å². The fourth-order valence-electron chi connectivity index (χ4n) is 8.35. The molecule has 4 heteroatoms. The SMILES string of the molecule is Cn1c2cc(N(c3ccccc3)c3ccccc3)ccc2c2c3ccccc3c3c4ccc(N(c5ccccc5)c5ccccc5)cc4n(C)c3c21. The lowest BCUT2D eigenvalue weighted by Gasteiger charge is -2.25. The highest BCUT2D eigenvalue weighted by molar-refractivity contribution is 6.36. The summed E-state index contributed by atoms with van der Waals surface area (Å²) >= 11 is 0. The van der Waals surface area contributed by atoms with Gasteiger partial charge < -0.3 is 18.9 Å². The molecule has 0 spiro atoms. The average Bonchev–Trinajstić information content (AvgIpc) is 3.66. The van der Waals surface area contributed by atoms with Crippen molar-refractivity contribution in [2.45, 2.75) is 0 Å². The third-order valence-corrected chi connectivity index (χ3v) is 10.6. The van der Waals surface area contributed by atoms with Crippen molar-refractivity contribution in [2.75, 3.05) is 9.80 Å². The number of hydrogen-bond donors (Lipinski definition) is 0. The third kappa shape index (κ3) is 4.54. The molecular formula is C48H36N4. The highest BCUT2D eigenvalue weighted by atomic mass is 15.2. The Labute approximate surface area is 302 Å². The summed E-state index contributed by atoms with van der Waals surface area (Å²) < 4.78 is 4.83. The van der Waals surface area contributed by atoms with Gasteiger partial charge in [0.1, 0.15) is 0 Å². The number of para-hydroxylation sites is 4. The Morgan fingerprint density at radius 3 is 0.942 bits per heavy atom. The molecule has 52 heavy (non-hydrogen) atoms. The Bertz CT molecular complexity index is 2630. The van der Waals surface area contributed by atoms with E-state index in [-0.39, 0.29) is 0 Å². The van der Waals surface area contributed by atoms with E-state index in [4.69, 9.17) is 0 Å². The van der Waals surface area contributed by atoms with Crippen molar-refractivity contribution < 1.29 is 0 Å². The predicted octanol–water partition coefficient (Wildman–Crippen LogP) is 13.1. The van der Waals surface area contributed by atoms with E-state index in [1.165, 1.54) is 54.4 Å². The van der Waals surface area contributed by atoms with Crippen LogP contribution in [0.3, 0.4) is 0 Å². The summed E-state index contributed by atoms with van der Waals surface area (Å²) in [6.07, 6.45) is 0. The normalized spacial score (nSPS) is 11.7. The van der Waals surface area contributed by atoms with Crippen LogP contribution in [-0.2, 0) is 14.1 Å². The van der Waals surface area contributed by atoms with Crippen LogP contribution in [0.15, 0.2) is 182 Å². The topological polar surface area (TPSA) is 16.3 Å². The molecule has 4 nitrogen and oxygen atoms in total. The van der Waals surface area contributed by atoms with E-state index in [1.807, 2.05) is 0 Å². The van der Waals surface area contributed by atoms with Crippen molar-refractivity contribution in [3.05, 3.63) is 182 Å². The van der Waals surface area contributed by atoms with E-state index in [0.29, 0.717) is 0 Å². The molecule has 0 saturated carbocycles. The van der Waals surface area contributed by atoms with Crippen LogP contribution in [-0.4, -0.2) is 9.13 Å². The van der Waals surface area contributed by atoms with Crippen LogP contribution in [0.1, 0.15) is 0 Å². The molecule has 8 aromatic carbocycles. The fraction of sp³-hybridized carbons (Fsp3) is 0.0417. The van der Waals surface area contributed by atoms with E-state index < -0.39 is 0 Å². The molecule has 0 radical (unpaired) electrons. The molecule has 0 amide bonds. The highest BCUT2D eigenvalue weighted by Gasteiger charge is 2.23. The van der Waals surface area contributed by atoms with Crippen LogP contribution in [0.25, 0.3) is 54.4 Å². The first-order valence-electron chi connectivity index (χ1n) is 17.8. The molecule has 0 bridgehead atoms. The maximum Gasteiger partial charge on any atom is 0.0742 e. The van der Waals surface area contributed by atoms with E-state index >= 15 is 0 Å². The van der Waals surface area contributed by atoms with Crippen LogP contribution in [0, 0.1) is 0 Å².